The topological polar surface area (TPSA) is 111 Å². The number of hydrogen-bond acceptors (Lipinski definition) is 8. The second-order valence-corrected chi connectivity index (χ2v) is 15.2. The molecule has 13 heteroatoms. The van der Waals surface area contributed by atoms with Gasteiger partial charge in [-0.15, -0.1) is 0 Å². The number of Topliss-reactive ketones (excluding diaryl/α,β-unsaturated/α-hetero) is 1. The largest absolute Gasteiger partial charge is 0.457 e. The van der Waals surface area contributed by atoms with Crippen LogP contribution < -0.4 is 0 Å². The van der Waals surface area contributed by atoms with Gasteiger partial charge < -0.3 is 14.3 Å². The standard InChI is InChI=1S/C36H35F5O7S/c1-16-7-9-47-30(16)31(45)48-36(32(46)49-15-26(43)28-25(39)13-23(37)18(3)29(28)40)17(2)10-20-21-12-24(38)22-11-19(42)6-8-33(22,4)35(21,41)27(44)14-34(20,36)5/h6-9,11,13,17,20-21,24,27,44H,10,12,14-15H2,1-5H3/t17-,20+,21+,24+,27+,33+,34+,35+,36+/m1/s1. The van der Waals surface area contributed by atoms with Crippen molar-refractivity contribution in [3.05, 3.63) is 82.1 Å². The Morgan fingerprint density at radius 2 is 1.80 bits per heavy atom. The summed E-state index contributed by atoms with van der Waals surface area (Å²) in [5.74, 6) is -10.8. The van der Waals surface area contributed by atoms with Crippen molar-refractivity contribution >= 4 is 34.4 Å². The molecule has 0 aliphatic heterocycles. The second kappa shape index (κ2) is 11.8. The number of ether oxygens (including phenoxy) is 1. The highest BCUT2D eigenvalue weighted by molar-refractivity contribution is 8.14. The van der Waals surface area contributed by atoms with Crippen LogP contribution in [0.2, 0.25) is 0 Å². The molecule has 0 radical (unpaired) electrons. The van der Waals surface area contributed by atoms with Gasteiger partial charge in [-0.1, -0.05) is 31.7 Å². The molecule has 6 rings (SSSR count). The smallest absolute Gasteiger partial charge is 0.375 e. The third kappa shape index (κ3) is 4.77. The maximum atomic E-state index is 17.8. The average Bonchev–Trinajstić information content (AvgIpc) is 3.56. The number of ketones is 2. The van der Waals surface area contributed by atoms with Crippen LogP contribution in [-0.2, 0) is 14.3 Å². The Balaban J connectivity index is 1.42. The van der Waals surface area contributed by atoms with E-state index in [2.05, 4.69) is 0 Å². The van der Waals surface area contributed by atoms with Gasteiger partial charge in [0.1, 0.15) is 23.6 Å². The van der Waals surface area contributed by atoms with Gasteiger partial charge >= 0.3 is 5.97 Å². The van der Waals surface area contributed by atoms with E-state index < -0.39 is 122 Å². The first kappa shape index (κ1) is 35.3. The van der Waals surface area contributed by atoms with E-state index in [1.807, 2.05) is 0 Å². The van der Waals surface area contributed by atoms with E-state index >= 15 is 8.78 Å². The van der Waals surface area contributed by atoms with Crippen LogP contribution in [0.1, 0.15) is 72.1 Å². The number of aliphatic hydroxyl groups is 1. The molecule has 4 aliphatic rings. The molecule has 262 valence electrons. The molecule has 7 nitrogen and oxygen atoms in total. The molecular weight excluding hydrogens is 671 g/mol. The quantitative estimate of drug-likeness (QED) is 0.196. The van der Waals surface area contributed by atoms with Crippen molar-refractivity contribution in [2.45, 2.75) is 77.4 Å². The minimum atomic E-state index is -2.48. The van der Waals surface area contributed by atoms with Crippen molar-refractivity contribution in [2.24, 2.45) is 28.6 Å². The molecule has 1 heterocycles. The molecule has 1 aromatic heterocycles. The van der Waals surface area contributed by atoms with Gasteiger partial charge in [0.2, 0.25) is 10.9 Å². The zero-order valence-corrected chi connectivity index (χ0v) is 28.2. The van der Waals surface area contributed by atoms with Crippen LogP contribution in [0.3, 0.4) is 0 Å². The van der Waals surface area contributed by atoms with Crippen molar-refractivity contribution in [2.75, 3.05) is 5.75 Å². The Bertz CT molecular complexity index is 1850. The number of benzene rings is 1. The number of furan rings is 1. The van der Waals surface area contributed by atoms with Gasteiger partial charge in [0.15, 0.2) is 22.8 Å². The fraction of sp³-hybridized carbons (Fsp3) is 0.500. The third-order valence-electron chi connectivity index (χ3n) is 11.8. The Morgan fingerprint density at radius 3 is 2.45 bits per heavy atom. The number of esters is 1. The molecule has 49 heavy (non-hydrogen) atoms. The highest BCUT2D eigenvalue weighted by Crippen LogP contribution is 2.72. The van der Waals surface area contributed by atoms with Crippen molar-refractivity contribution in [3.63, 3.8) is 0 Å². The highest BCUT2D eigenvalue weighted by Gasteiger charge is 2.78. The van der Waals surface area contributed by atoms with Gasteiger partial charge in [0, 0.05) is 39.9 Å². The first-order chi connectivity index (χ1) is 22.8. The molecule has 0 amide bonds. The first-order valence-corrected chi connectivity index (χ1v) is 16.9. The summed E-state index contributed by atoms with van der Waals surface area (Å²) in [5.41, 5.74) is -9.24. The van der Waals surface area contributed by atoms with E-state index in [-0.39, 0.29) is 17.8 Å². The van der Waals surface area contributed by atoms with Gasteiger partial charge in [0.05, 0.1) is 23.7 Å². The summed E-state index contributed by atoms with van der Waals surface area (Å²) in [4.78, 5) is 53.5. The fourth-order valence-electron chi connectivity index (χ4n) is 9.25. The zero-order chi connectivity index (χ0) is 36.0. The molecule has 2 aromatic rings. The number of aliphatic hydroxyl groups excluding tert-OH is 1. The number of halogens is 5. The van der Waals surface area contributed by atoms with E-state index in [4.69, 9.17) is 9.15 Å². The Hall–Kier alpha value is -3.58. The molecule has 0 unspecified atom stereocenters. The van der Waals surface area contributed by atoms with Crippen LogP contribution in [0, 0.1) is 59.9 Å². The molecule has 1 aromatic carbocycles. The SMILES string of the molecule is Cc1ccoc1C(=O)O[C@]1(C(=O)SCC(=O)c2c(F)cc(F)c(C)c2F)[C@H](C)C[C@H]2[C@@H]3C[C@H](F)C4=CC(=O)C=C[C@]4(C)[C@@]3(F)[C@@H](O)C[C@@]21C. The van der Waals surface area contributed by atoms with Crippen LogP contribution in [-0.4, -0.2) is 57.1 Å². The van der Waals surface area contributed by atoms with Crippen LogP contribution in [0.4, 0.5) is 22.0 Å². The molecule has 0 bridgehead atoms. The third-order valence-corrected chi connectivity index (χ3v) is 12.8. The molecule has 0 spiro atoms. The molecule has 0 saturated heterocycles. The molecule has 9 atom stereocenters. The van der Waals surface area contributed by atoms with E-state index in [0.717, 1.165) is 19.1 Å². The van der Waals surface area contributed by atoms with Gasteiger partial charge in [-0.3, -0.25) is 14.4 Å². The lowest BCUT2D eigenvalue weighted by atomic mass is 9.44. The zero-order valence-electron chi connectivity index (χ0n) is 27.4. The maximum absolute atomic E-state index is 17.8. The maximum Gasteiger partial charge on any atom is 0.375 e. The number of rotatable bonds is 6. The Morgan fingerprint density at radius 1 is 1.10 bits per heavy atom. The summed E-state index contributed by atoms with van der Waals surface area (Å²) in [5, 5.41) is 10.9. The summed E-state index contributed by atoms with van der Waals surface area (Å²) >= 11 is 0.322. The number of thioether (sulfide) groups is 1. The number of hydrogen-bond donors (Lipinski definition) is 1. The van der Waals surface area contributed by atoms with Gasteiger partial charge in [0.25, 0.3) is 0 Å². The predicted octanol–water partition coefficient (Wildman–Crippen LogP) is 6.92. The average molecular weight is 707 g/mol. The number of alkyl halides is 2. The van der Waals surface area contributed by atoms with Crippen LogP contribution >= 0.6 is 11.8 Å². The minimum absolute atomic E-state index is 0.0368. The number of fused-ring (bicyclic) bond motifs is 5. The molecular formula is C36H35F5O7S. The highest BCUT2D eigenvalue weighted by atomic mass is 32.2. The predicted molar refractivity (Wildman–Crippen MR) is 168 cm³/mol. The second-order valence-electron chi connectivity index (χ2n) is 14.2. The Kier molecular flexibility index (Phi) is 8.45. The summed E-state index contributed by atoms with van der Waals surface area (Å²) in [6.07, 6.45) is 0.295. The number of carbonyl (C=O) groups is 4. The lowest BCUT2D eigenvalue weighted by molar-refractivity contribution is -0.221. The summed E-state index contributed by atoms with van der Waals surface area (Å²) in [6.45, 7) is 7.16. The summed E-state index contributed by atoms with van der Waals surface area (Å²) in [7, 11) is 0. The number of aryl methyl sites for hydroxylation is 1. The van der Waals surface area contributed by atoms with E-state index in [1.165, 1.54) is 25.3 Å². The first-order valence-electron chi connectivity index (χ1n) is 15.9. The van der Waals surface area contributed by atoms with E-state index in [9.17, 15) is 37.5 Å². The number of carbonyl (C=O) groups excluding carboxylic acids is 4. The van der Waals surface area contributed by atoms with Gasteiger partial charge in [-0.25, -0.2) is 26.7 Å². The monoisotopic (exact) mass is 706 g/mol. The molecule has 4 aliphatic carbocycles. The van der Waals surface area contributed by atoms with Crippen LogP contribution in [0.5, 0.6) is 0 Å². The lowest BCUT2D eigenvalue weighted by Gasteiger charge is -2.63. The normalized spacial score (nSPS) is 36.4. The van der Waals surface area contributed by atoms with E-state index in [1.54, 1.807) is 20.8 Å². The Labute approximate surface area is 283 Å². The summed E-state index contributed by atoms with van der Waals surface area (Å²) < 4.78 is 88.5. The van der Waals surface area contributed by atoms with Crippen molar-refractivity contribution < 1.29 is 55.4 Å². The number of allylic oxidation sites excluding steroid dienone is 4. The minimum Gasteiger partial charge on any atom is -0.457 e. The van der Waals surface area contributed by atoms with Gasteiger partial charge in [-0.05, 0) is 69.7 Å². The molecule has 1 N–H and O–H groups in total. The summed E-state index contributed by atoms with van der Waals surface area (Å²) in [6, 6.07) is 1.86. The van der Waals surface area contributed by atoms with E-state index in [0.29, 0.717) is 23.4 Å². The van der Waals surface area contributed by atoms with Gasteiger partial charge in [-0.2, -0.15) is 0 Å². The van der Waals surface area contributed by atoms with Crippen LogP contribution in [0.15, 0.2) is 46.6 Å². The van der Waals surface area contributed by atoms with Crippen LogP contribution in [0.25, 0.3) is 0 Å². The molecule has 3 fully saturated rings. The fourth-order valence-corrected chi connectivity index (χ4v) is 10.3. The van der Waals surface area contributed by atoms with Crippen molar-refractivity contribution in [1.82, 2.24) is 0 Å². The lowest BCUT2D eigenvalue weighted by Crippen LogP contribution is -2.70. The van der Waals surface area contributed by atoms with Crippen molar-refractivity contribution in [1.29, 1.82) is 0 Å². The molecule has 3 saturated carbocycles. The van der Waals surface area contributed by atoms with Crippen molar-refractivity contribution in [3.8, 4) is 0 Å².